The van der Waals surface area contributed by atoms with Crippen molar-refractivity contribution in [2.75, 3.05) is 19.6 Å². The summed E-state index contributed by atoms with van der Waals surface area (Å²) in [5.74, 6) is -1.70. The number of rotatable bonds is 8. The average molecular weight is 286 g/mol. The van der Waals surface area contributed by atoms with Crippen LogP contribution in [0.3, 0.4) is 0 Å². The Labute approximate surface area is 120 Å². The minimum atomic E-state index is -1.12. The maximum atomic E-state index is 12.2. The zero-order chi connectivity index (χ0) is 15.9. The molecule has 0 rings (SSSR count). The molecule has 0 spiro atoms. The fourth-order valence-corrected chi connectivity index (χ4v) is 1.76. The molecular weight excluding hydrogens is 260 g/mol. The number of hydrogen-bond donors (Lipinski definition) is 2. The maximum absolute atomic E-state index is 12.2. The van der Waals surface area contributed by atoms with Crippen molar-refractivity contribution >= 4 is 17.8 Å². The van der Waals surface area contributed by atoms with Crippen LogP contribution in [0.15, 0.2) is 0 Å². The Morgan fingerprint density at radius 2 is 1.80 bits per heavy atom. The molecule has 6 heteroatoms. The third-order valence-electron chi connectivity index (χ3n) is 3.72. The molecule has 0 saturated carbocycles. The summed E-state index contributed by atoms with van der Waals surface area (Å²) in [6.45, 7) is 9.55. The van der Waals surface area contributed by atoms with E-state index in [1.165, 1.54) is 4.90 Å². The number of likely N-dealkylation sites (N-methyl/N-ethyl adjacent to an activating group) is 2. The molecule has 0 bridgehead atoms. The lowest BCUT2D eigenvalue weighted by Crippen LogP contribution is -2.44. The molecule has 0 radical (unpaired) electrons. The van der Waals surface area contributed by atoms with Crippen LogP contribution in [0.25, 0.3) is 0 Å². The van der Waals surface area contributed by atoms with Gasteiger partial charge in [-0.3, -0.25) is 14.4 Å². The van der Waals surface area contributed by atoms with Gasteiger partial charge in [0.25, 0.3) is 0 Å². The van der Waals surface area contributed by atoms with E-state index < -0.39 is 11.4 Å². The molecule has 1 unspecified atom stereocenters. The number of hydrogen-bond acceptors (Lipinski definition) is 3. The molecule has 116 valence electrons. The molecule has 0 aromatic heterocycles. The predicted octanol–water partition coefficient (Wildman–Crippen LogP) is 1.11. The molecule has 20 heavy (non-hydrogen) atoms. The van der Waals surface area contributed by atoms with Gasteiger partial charge >= 0.3 is 5.97 Å². The molecule has 0 aliphatic heterocycles. The van der Waals surface area contributed by atoms with E-state index in [-0.39, 0.29) is 30.7 Å². The molecule has 0 aromatic carbocycles. The summed E-state index contributed by atoms with van der Waals surface area (Å²) >= 11 is 0. The van der Waals surface area contributed by atoms with E-state index in [1.54, 1.807) is 34.6 Å². The number of carboxylic acids is 1. The second-order valence-electron chi connectivity index (χ2n) is 5.42. The summed E-state index contributed by atoms with van der Waals surface area (Å²) in [6.07, 6.45) is -0.104. The van der Waals surface area contributed by atoms with Gasteiger partial charge in [0.15, 0.2) is 0 Å². The average Bonchev–Trinajstić information content (AvgIpc) is 2.35. The molecule has 0 aliphatic rings. The Morgan fingerprint density at radius 3 is 2.15 bits per heavy atom. The van der Waals surface area contributed by atoms with E-state index in [2.05, 4.69) is 5.32 Å². The monoisotopic (exact) mass is 286 g/mol. The quantitative estimate of drug-likeness (QED) is 0.699. The van der Waals surface area contributed by atoms with Gasteiger partial charge in [-0.25, -0.2) is 0 Å². The smallest absolute Gasteiger partial charge is 0.310 e. The Balaban J connectivity index is 4.85. The number of carbonyl (C=O) groups is 3. The van der Waals surface area contributed by atoms with E-state index in [1.807, 2.05) is 0 Å². The minimum absolute atomic E-state index is 0.0308. The molecule has 0 aromatic rings. The largest absolute Gasteiger partial charge is 0.481 e. The lowest BCUT2D eigenvalue weighted by Gasteiger charge is -2.31. The Bertz CT molecular complexity index is 368. The summed E-state index contributed by atoms with van der Waals surface area (Å²) in [7, 11) is 0. The summed E-state index contributed by atoms with van der Waals surface area (Å²) in [5, 5.41) is 11.9. The summed E-state index contributed by atoms with van der Waals surface area (Å²) in [4.78, 5) is 36.5. The zero-order valence-electron chi connectivity index (χ0n) is 13.0. The molecule has 1 atom stereocenters. The van der Waals surface area contributed by atoms with Crippen LogP contribution < -0.4 is 5.32 Å². The van der Waals surface area contributed by atoms with Crippen molar-refractivity contribution in [1.29, 1.82) is 0 Å². The first-order valence-electron chi connectivity index (χ1n) is 6.96. The van der Waals surface area contributed by atoms with Gasteiger partial charge in [0, 0.05) is 19.5 Å². The first-order valence-corrected chi connectivity index (χ1v) is 6.96. The topological polar surface area (TPSA) is 86.7 Å². The summed E-state index contributed by atoms with van der Waals surface area (Å²) < 4.78 is 0. The normalized spacial score (nSPS) is 13.7. The minimum Gasteiger partial charge on any atom is -0.481 e. The highest BCUT2D eigenvalue weighted by atomic mass is 16.4. The molecule has 0 saturated heterocycles. The van der Waals surface area contributed by atoms with Crippen LogP contribution in [-0.2, 0) is 14.4 Å². The Hall–Kier alpha value is -1.59. The number of carbonyl (C=O) groups excluding carboxylic acids is 2. The Morgan fingerprint density at radius 1 is 1.25 bits per heavy atom. The summed E-state index contributed by atoms with van der Waals surface area (Å²) in [5.41, 5.74) is -1.12. The van der Waals surface area contributed by atoms with Crippen molar-refractivity contribution in [2.45, 2.75) is 41.0 Å². The first-order chi connectivity index (χ1) is 9.18. The SMILES string of the molecule is CCNC(=O)CN(CC)C(=O)CC(C)(C(=O)O)C(C)C. The fraction of sp³-hybridized carbons (Fsp3) is 0.786. The van der Waals surface area contributed by atoms with Crippen LogP contribution in [-0.4, -0.2) is 47.4 Å². The molecule has 2 amide bonds. The summed E-state index contributed by atoms with van der Waals surface area (Å²) in [6, 6.07) is 0. The van der Waals surface area contributed by atoms with Gasteiger partial charge in [0.2, 0.25) is 11.8 Å². The highest BCUT2D eigenvalue weighted by Crippen LogP contribution is 2.32. The zero-order valence-corrected chi connectivity index (χ0v) is 13.0. The van der Waals surface area contributed by atoms with Gasteiger partial charge < -0.3 is 15.3 Å². The van der Waals surface area contributed by atoms with Crippen LogP contribution in [0.4, 0.5) is 0 Å². The molecule has 6 nitrogen and oxygen atoms in total. The van der Waals surface area contributed by atoms with Gasteiger partial charge in [-0.05, 0) is 26.7 Å². The molecule has 0 heterocycles. The van der Waals surface area contributed by atoms with Crippen LogP contribution in [0, 0.1) is 11.3 Å². The van der Waals surface area contributed by atoms with Gasteiger partial charge in [-0.1, -0.05) is 13.8 Å². The van der Waals surface area contributed by atoms with E-state index in [0.29, 0.717) is 13.1 Å². The van der Waals surface area contributed by atoms with E-state index >= 15 is 0 Å². The van der Waals surface area contributed by atoms with Gasteiger partial charge in [0.05, 0.1) is 12.0 Å². The standard InChI is InChI=1S/C14H26N2O4/c1-6-15-11(17)9-16(7-2)12(18)8-14(5,10(3)4)13(19)20/h10H,6-9H2,1-5H3,(H,15,17)(H,19,20). The molecule has 0 fully saturated rings. The Kier molecular flexibility index (Phi) is 7.24. The lowest BCUT2D eigenvalue weighted by molar-refractivity contribution is -0.155. The van der Waals surface area contributed by atoms with Crippen LogP contribution in [0.5, 0.6) is 0 Å². The second-order valence-corrected chi connectivity index (χ2v) is 5.42. The number of aliphatic carboxylic acids is 1. The molecular formula is C14H26N2O4. The number of carboxylic acid groups (broad SMARTS) is 1. The van der Waals surface area contributed by atoms with Gasteiger partial charge in [-0.15, -0.1) is 0 Å². The lowest BCUT2D eigenvalue weighted by atomic mass is 9.76. The second kappa shape index (κ2) is 7.87. The first kappa shape index (κ1) is 18.4. The fourth-order valence-electron chi connectivity index (χ4n) is 1.76. The highest BCUT2D eigenvalue weighted by Gasteiger charge is 2.39. The molecule has 2 N–H and O–H groups in total. The van der Waals surface area contributed by atoms with Crippen LogP contribution >= 0.6 is 0 Å². The maximum Gasteiger partial charge on any atom is 0.310 e. The van der Waals surface area contributed by atoms with E-state index in [9.17, 15) is 19.5 Å². The third-order valence-corrected chi connectivity index (χ3v) is 3.72. The van der Waals surface area contributed by atoms with Gasteiger partial charge in [-0.2, -0.15) is 0 Å². The number of nitrogens with one attached hydrogen (secondary N) is 1. The van der Waals surface area contributed by atoms with Crippen LogP contribution in [0.1, 0.15) is 41.0 Å². The van der Waals surface area contributed by atoms with Crippen molar-refractivity contribution in [1.82, 2.24) is 10.2 Å². The van der Waals surface area contributed by atoms with Crippen LogP contribution in [0.2, 0.25) is 0 Å². The third kappa shape index (κ3) is 4.83. The predicted molar refractivity (Wildman–Crippen MR) is 76.1 cm³/mol. The van der Waals surface area contributed by atoms with E-state index in [0.717, 1.165) is 0 Å². The number of nitrogens with zero attached hydrogens (tertiary/aromatic N) is 1. The van der Waals surface area contributed by atoms with E-state index in [4.69, 9.17) is 0 Å². The van der Waals surface area contributed by atoms with Crippen molar-refractivity contribution in [3.05, 3.63) is 0 Å². The van der Waals surface area contributed by atoms with Crippen molar-refractivity contribution in [2.24, 2.45) is 11.3 Å². The van der Waals surface area contributed by atoms with Crippen molar-refractivity contribution in [3.63, 3.8) is 0 Å². The van der Waals surface area contributed by atoms with Gasteiger partial charge in [0.1, 0.15) is 0 Å². The van der Waals surface area contributed by atoms with Crippen molar-refractivity contribution < 1.29 is 19.5 Å². The van der Waals surface area contributed by atoms with Crippen molar-refractivity contribution in [3.8, 4) is 0 Å². The molecule has 0 aliphatic carbocycles. The number of amides is 2. The highest BCUT2D eigenvalue weighted by molar-refractivity contribution is 5.88.